The van der Waals surface area contributed by atoms with Crippen molar-refractivity contribution in [1.29, 1.82) is 0 Å². The summed E-state index contributed by atoms with van der Waals surface area (Å²) in [5, 5.41) is 4.30. The number of nitrogens with one attached hydrogen (secondary N) is 2. The molecule has 1 aliphatic rings. The third kappa shape index (κ3) is 4.88. The SMILES string of the molecule is O=C(CC1SC(=S)NC1=O)Nc1ccc(OC(F)(F)F)cc1. The normalized spacial score (nSPS) is 18.0. The van der Waals surface area contributed by atoms with Gasteiger partial charge in [0.15, 0.2) is 0 Å². The van der Waals surface area contributed by atoms with Gasteiger partial charge >= 0.3 is 6.36 Å². The zero-order valence-electron chi connectivity index (χ0n) is 10.8. The molecule has 2 N–H and O–H groups in total. The molecule has 1 unspecified atom stereocenters. The number of carbonyl (C=O) groups is 2. The van der Waals surface area contributed by atoms with Crippen LogP contribution in [0.25, 0.3) is 0 Å². The van der Waals surface area contributed by atoms with E-state index in [2.05, 4.69) is 15.4 Å². The minimum atomic E-state index is -4.77. The highest BCUT2D eigenvalue weighted by Crippen LogP contribution is 2.25. The van der Waals surface area contributed by atoms with Crippen molar-refractivity contribution in [3.8, 4) is 5.75 Å². The van der Waals surface area contributed by atoms with E-state index in [9.17, 15) is 22.8 Å². The van der Waals surface area contributed by atoms with Crippen molar-refractivity contribution >= 4 is 45.8 Å². The Hall–Kier alpha value is -1.81. The molecule has 5 nitrogen and oxygen atoms in total. The van der Waals surface area contributed by atoms with Crippen LogP contribution in [0.1, 0.15) is 6.42 Å². The van der Waals surface area contributed by atoms with Crippen LogP contribution in [0.3, 0.4) is 0 Å². The van der Waals surface area contributed by atoms with E-state index in [0.717, 1.165) is 23.9 Å². The second kappa shape index (κ2) is 6.53. The largest absolute Gasteiger partial charge is 0.573 e. The molecule has 2 amide bonds. The van der Waals surface area contributed by atoms with Gasteiger partial charge in [0.2, 0.25) is 11.8 Å². The fraction of sp³-hybridized carbons (Fsp3) is 0.250. The molecule has 1 aromatic rings. The van der Waals surface area contributed by atoms with Crippen LogP contribution in [0.2, 0.25) is 0 Å². The number of carbonyl (C=O) groups excluding carboxylic acids is 2. The standard InChI is InChI=1S/C12H9F3N2O3S2/c13-12(14,15)20-7-3-1-6(2-4-7)16-9(18)5-8-10(19)17-11(21)22-8/h1-4,8H,5H2,(H,16,18)(H,17,19,21). The van der Waals surface area contributed by atoms with E-state index in [-0.39, 0.29) is 18.1 Å². The molecule has 1 heterocycles. The summed E-state index contributed by atoms with van der Waals surface area (Å²) in [7, 11) is 0. The minimum absolute atomic E-state index is 0.0859. The summed E-state index contributed by atoms with van der Waals surface area (Å²) < 4.78 is 40.0. The Morgan fingerprint density at radius 1 is 1.36 bits per heavy atom. The number of thioether (sulfide) groups is 1. The topological polar surface area (TPSA) is 67.4 Å². The fourth-order valence-electron chi connectivity index (χ4n) is 1.65. The van der Waals surface area contributed by atoms with Crippen molar-refractivity contribution in [1.82, 2.24) is 5.32 Å². The van der Waals surface area contributed by atoms with Crippen LogP contribution in [-0.2, 0) is 9.59 Å². The first-order valence-electron chi connectivity index (χ1n) is 5.90. The lowest BCUT2D eigenvalue weighted by molar-refractivity contribution is -0.274. The highest BCUT2D eigenvalue weighted by Gasteiger charge is 2.32. The Kier molecular flexibility index (Phi) is 4.91. The second-order valence-electron chi connectivity index (χ2n) is 4.21. The van der Waals surface area contributed by atoms with Crippen molar-refractivity contribution in [2.24, 2.45) is 0 Å². The number of halogens is 3. The van der Waals surface area contributed by atoms with Gasteiger partial charge in [0.05, 0.1) is 5.25 Å². The fourth-order valence-corrected chi connectivity index (χ4v) is 2.92. The molecule has 118 valence electrons. The highest BCUT2D eigenvalue weighted by molar-refractivity contribution is 8.24. The van der Waals surface area contributed by atoms with Crippen molar-refractivity contribution in [3.63, 3.8) is 0 Å². The van der Waals surface area contributed by atoms with Crippen molar-refractivity contribution in [2.45, 2.75) is 18.0 Å². The van der Waals surface area contributed by atoms with E-state index >= 15 is 0 Å². The number of alkyl halides is 3. The smallest absolute Gasteiger partial charge is 0.406 e. The molecular weight excluding hydrogens is 341 g/mol. The average molecular weight is 350 g/mol. The van der Waals surface area contributed by atoms with Crippen LogP contribution in [0.15, 0.2) is 24.3 Å². The van der Waals surface area contributed by atoms with Gasteiger partial charge in [-0.25, -0.2) is 0 Å². The Labute approximate surface area is 132 Å². The molecule has 1 aliphatic heterocycles. The lowest BCUT2D eigenvalue weighted by Crippen LogP contribution is -2.27. The molecule has 0 bridgehead atoms. The Balaban J connectivity index is 1.89. The number of ether oxygens (including phenoxy) is 1. The number of thiocarbonyl (C=S) groups is 1. The Bertz CT molecular complexity index is 605. The summed E-state index contributed by atoms with van der Waals surface area (Å²) in [5.41, 5.74) is 0.297. The van der Waals surface area contributed by atoms with E-state index in [1.54, 1.807) is 0 Å². The molecule has 1 atom stereocenters. The molecule has 22 heavy (non-hydrogen) atoms. The van der Waals surface area contributed by atoms with E-state index < -0.39 is 17.5 Å². The number of hydrogen-bond acceptors (Lipinski definition) is 5. The van der Waals surface area contributed by atoms with Gasteiger partial charge in [-0.1, -0.05) is 24.0 Å². The number of rotatable bonds is 4. The van der Waals surface area contributed by atoms with Gasteiger partial charge in [-0.3, -0.25) is 9.59 Å². The maximum Gasteiger partial charge on any atom is 0.573 e. The van der Waals surface area contributed by atoms with Crippen molar-refractivity contribution in [2.75, 3.05) is 5.32 Å². The van der Waals surface area contributed by atoms with Crippen molar-refractivity contribution < 1.29 is 27.5 Å². The number of benzene rings is 1. The molecule has 1 fully saturated rings. The molecule has 1 aromatic carbocycles. The minimum Gasteiger partial charge on any atom is -0.406 e. The molecule has 0 aromatic heterocycles. The van der Waals surface area contributed by atoms with Crippen LogP contribution in [0, 0.1) is 0 Å². The molecular formula is C12H9F3N2O3S2. The summed E-state index contributed by atoms with van der Waals surface area (Å²) in [6.07, 6.45) is -4.85. The molecule has 0 spiro atoms. The molecule has 0 radical (unpaired) electrons. The predicted octanol–water partition coefficient (Wildman–Crippen LogP) is 2.43. The zero-order chi connectivity index (χ0) is 16.3. The second-order valence-corrected chi connectivity index (χ2v) is 6.09. The summed E-state index contributed by atoms with van der Waals surface area (Å²) in [5.74, 6) is -1.16. The highest BCUT2D eigenvalue weighted by atomic mass is 32.2. The monoisotopic (exact) mass is 350 g/mol. The van der Waals surface area contributed by atoms with E-state index in [1.165, 1.54) is 12.1 Å². The number of amides is 2. The zero-order valence-corrected chi connectivity index (χ0v) is 12.4. The van der Waals surface area contributed by atoms with E-state index in [1.807, 2.05) is 0 Å². The first-order chi connectivity index (χ1) is 10.2. The lowest BCUT2D eigenvalue weighted by atomic mass is 10.2. The quantitative estimate of drug-likeness (QED) is 0.817. The molecule has 2 rings (SSSR count). The van der Waals surface area contributed by atoms with E-state index in [4.69, 9.17) is 12.2 Å². The molecule has 0 aliphatic carbocycles. The van der Waals surface area contributed by atoms with Gasteiger partial charge in [0, 0.05) is 12.1 Å². The van der Waals surface area contributed by atoms with Gasteiger partial charge in [-0.05, 0) is 24.3 Å². The third-order valence-electron chi connectivity index (χ3n) is 2.51. The predicted molar refractivity (Wildman–Crippen MR) is 78.5 cm³/mol. The Morgan fingerprint density at radius 2 is 2.00 bits per heavy atom. The maximum absolute atomic E-state index is 12.0. The van der Waals surface area contributed by atoms with Crippen LogP contribution < -0.4 is 15.4 Å². The average Bonchev–Trinajstić information content (AvgIpc) is 2.68. The lowest BCUT2D eigenvalue weighted by Gasteiger charge is -2.10. The van der Waals surface area contributed by atoms with Gasteiger partial charge in [0.1, 0.15) is 10.1 Å². The summed E-state index contributed by atoms with van der Waals surface area (Å²) >= 11 is 5.89. The van der Waals surface area contributed by atoms with E-state index in [0.29, 0.717) is 10.0 Å². The number of hydrogen-bond donors (Lipinski definition) is 2. The molecule has 10 heteroatoms. The number of anilines is 1. The van der Waals surface area contributed by atoms with Gasteiger partial charge < -0.3 is 15.4 Å². The van der Waals surface area contributed by atoms with Crippen molar-refractivity contribution in [3.05, 3.63) is 24.3 Å². The van der Waals surface area contributed by atoms with Gasteiger partial charge in [-0.2, -0.15) is 0 Å². The summed E-state index contributed by atoms with van der Waals surface area (Å²) in [6.45, 7) is 0. The van der Waals surface area contributed by atoms with Crippen LogP contribution in [0.4, 0.5) is 18.9 Å². The van der Waals surface area contributed by atoms with Crippen LogP contribution in [-0.4, -0.2) is 27.7 Å². The third-order valence-corrected chi connectivity index (χ3v) is 3.88. The Morgan fingerprint density at radius 3 is 2.50 bits per heavy atom. The van der Waals surface area contributed by atoms with Gasteiger partial charge in [-0.15, -0.1) is 13.2 Å². The first-order valence-corrected chi connectivity index (χ1v) is 7.19. The summed E-state index contributed by atoms with van der Waals surface area (Å²) in [6, 6.07) is 4.70. The summed E-state index contributed by atoms with van der Waals surface area (Å²) in [4.78, 5) is 23.2. The first kappa shape index (κ1) is 16.6. The molecule has 1 saturated heterocycles. The molecule has 0 saturated carbocycles. The van der Waals surface area contributed by atoms with Gasteiger partial charge in [0.25, 0.3) is 0 Å². The maximum atomic E-state index is 12.0. The van der Waals surface area contributed by atoms with Crippen LogP contribution in [0.5, 0.6) is 5.75 Å². The van der Waals surface area contributed by atoms with Crippen LogP contribution >= 0.6 is 24.0 Å².